The van der Waals surface area contributed by atoms with Crippen LogP contribution in [0.25, 0.3) is 0 Å². The van der Waals surface area contributed by atoms with E-state index in [2.05, 4.69) is 19.4 Å². The molecule has 2 fully saturated rings. The molecule has 0 radical (unpaired) electrons. The Morgan fingerprint density at radius 1 is 1.27 bits per heavy atom. The minimum Gasteiger partial charge on any atom is -0.375 e. The van der Waals surface area contributed by atoms with Crippen molar-refractivity contribution in [2.45, 2.75) is 43.9 Å². The number of rotatable bonds is 4. The van der Waals surface area contributed by atoms with Gasteiger partial charge in [0.05, 0.1) is 12.2 Å². The molecule has 0 aromatic carbocycles. The summed E-state index contributed by atoms with van der Waals surface area (Å²) in [5.74, 6) is 0. The molecule has 1 saturated carbocycles. The third-order valence-electron chi connectivity index (χ3n) is 3.26. The van der Waals surface area contributed by atoms with Crippen molar-refractivity contribution in [1.82, 2.24) is 9.99 Å². The molecule has 2 rings (SSSR count). The van der Waals surface area contributed by atoms with Crippen molar-refractivity contribution in [3.8, 4) is 0 Å². The number of amides is 1. The van der Waals surface area contributed by atoms with Crippen LogP contribution < -0.4 is 5.32 Å². The number of hydrogen-bond acceptors (Lipinski definition) is 3. The molecule has 0 bridgehead atoms. The maximum atomic E-state index is 10.2. The highest BCUT2D eigenvalue weighted by Crippen LogP contribution is 2.27. The van der Waals surface area contributed by atoms with E-state index in [9.17, 15) is 4.79 Å². The predicted octanol–water partition coefficient (Wildman–Crippen LogP) is 0.534. The van der Waals surface area contributed by atoms with Gasteiger partial charge in [0.25, 0.3) is 0 Å². The van der Waals surface area contributed by atoms with E-state index in [-0.39, 0.29) is 0 Å². The minimum absolute atomic E-state index is 0.356. The number of carbonyl (C=O) groups excluding carboxylic acids is 1. The summed E-state index contributed by atoms with van der Waals surface area (Å²) >= 11 is 0. The van der Waals surface area contributed by atoms with E-state index in [0.717, 1.165) is 45.2 Å². The average Bonchev–Trinajstić information content (AvgIpc) is 2.18. The van der Waals surface area contributed by atoms with E-state index in [1.807, 2.05) is 0 Å². The summed E-state index contributed by atoms with van der Waals surface area (Å²) in [6, 6.07) is 0.356. The highest BCUT2D eigenvalue weighted by atomic mass is 31.0. The van der Waals surface area contributed by atoms with Gasteiger partial charge in [-0.2, -0.15) is 0 Å². The highest BCUT2D eigenvalue weighted by Gasteiger charge is 2.32. The zero-order valence-electron chi connectivity index (χ0n) is 8.89. The van der Waals surface area contributed by atoms with Gasteiger partial charge in [-0.15, -0.1) is 0 Å². The van der Waals surface area contributed by atoms with Crippen molar-refractivity contribution in [2.75, 3.05) is 13.1 Å². The quantitative estimate of drug-likeness (QED) is 0.566. The molecule has 1 aliphatic carbocycles. The smallest absolute Gasteiger partial charge is 0.207 e. The zero-order chi connectivity index (χ0) is 10.7. The Labute approximate surface area is 93.0 Å². The van der Waals surface area contributed by atoms with Crippen LogP contribution in [0.5, 0.6) is 0 Å². The first-order chi connectivity index (χ1) is 7.28. The molecule has 1 N–H and O–H groups in total. The fourth-order valence-corrected chi connectivity index (χ4v) is 2.49. The second kappa shape index (κ2) is 5.24. The summed E-state index contributed by atoms with van der Waals surface area (Å²) in [4.78, 5) is 10.2. The summed E-state index contributed by atoms with van der Waals surface area (Å²) in [5, 5.41) is 2.78. The van der Waals surface area contributed by atoms with Gasteiger partial charge in [-0.25, -0.2) is 0 Å². The van der Waals surface area contributed by atoms with E-state index in [4.69, 9.17) is 4.74 Å². The van der Waals surface area contributed by atoms with Gasteiger partial charge in [-0.05, 0) is 25.7 Å². The molecule has 0 spiro atoms. The molecule has 1 unspecified atom stereocenters. The van der Waals surface area contributed by atoms with E-state index in [1.165, 1.54) is 0 Å². The lowest BCUT2D eigenvalue weighted by molar-refractivity contribution is -0.114. The van der Waals surface area contributed by atoms with Gasteiger partial charge < -0.3 is 10.1 Å². The van der Waals surface area contributed by atoms with Crippen molar-refractivity contribution in [2.24, 2.45) is 0 Å². The molecule has 2 aliphatic rings. The Hall–Kier alpha value is -0.180. The summed E-state index contributed by atoms with van der Waals surface area (Å²) in [6.45, 7) is 2.22. The van der Waals surface area contributed by atoms with Crippen LogP contribution in [-0.2, 0) is 9.53 Å². The van der Waals surface area contributed by atoms with Gasteiger partial charge in [0.1, 0.15) is 0 Å². The summed E-state index contributed by atoms with van der Waals surface area (Å²) < 4.78 is 8.22. The minimum atomic E-state index is 0.356. The highest BCUT2D eigenvalue weighted by molar-refractivity contribution is 7.13. The van der Waals surface area contributed by atoms with Gasteiger partial charge >= 0.3 is 0 Å². The summed E-state index contributed by atoms with van der Waals surface area (Å²) in [6.07, 6.45) is 5.83. The zero-order valence-corrected chi connectivity index (χ0v) is 10.0. The Balaban J connectivity index is 1.61. The Morgan fingerprint density at radius 2 is 1.93 bits per heavy atom. The molecule has 1 aliphatic heterocycles. The molecule has 0 aromatic rings. The van der Waals surface area contributed by atoms with Gasteiger partial charge in [-0.1, -0.05) is 9.39 Å². The van der Waals surface area contributed by atoms with Crippen molar-refractivity contribution in [3.05, 3.63) is 0 Å². The van der Waals surface area contributed by atoms with Crippen LogP contribution in [0.2, 0.25) is 0 Å². The molecule has 0 aromatic heterocycles. The lowest BCUT2D eigenvalue weighted by Crippen LogP contribution is -2.47. The number of nitrogens with one attached hydrogen (secondary N) is 1. The van der Waals surface area contributed by atoms with Crippen LogP contribution >= 0.6 is 9.39 Å². The third kappa shape index (κ3) is 3.13. The van der Waals surface area contributed by atoms with Crippen molar-refractivity contribution in [3.63, 3.8) is 0 Å². The molecular formula is C10H19N2O2P. The molecule has 1 amide bonds. The van der Waals surface area contributed by atoms with Crippen LogP contribution in [0, 0.1) is 0 Å². The maximum absolute atomic E-state index is 10.2. The van der Waals surface area contributed by atoms with Gasteiger partial charge in [-0.3, -0.25) is 9.46 Å². The number of piperidine rings is 1. The fraction of sp³-hybridized carbons (Fsp3) is 0.900. The normalized spacial score (nSPS) is 33.4. The fourth-order valence-electron chi connectivity index (χ4n) is 2.19. The molecule has 86 valence electrons. The molecule has 1 atom stereocenters. The van der Waals surface area contributed by atoms with Gasteiger partial charge in [0.15, 0.2) is 0 Å². The number of carbonyl (C=O) groups is 1. The monoisotopic (exact) mass is 230 g/mol. The second-order valence-electron chi connectivity index (χ2n) is 4.45. The average molecular weight is 230 g/mol. The number of nitrogens with zero attached hydrogens (tertiary/aromatic N) is 1. The largest absolute Gasteiger partial charge is 0.375 e. The van der Waals surface area contributed by atoms with E-state index in [1.54, 1.807) is 0 Å². The first kappa shape index (κ1) is 11.3. The van der Waals surface area contributed by atoms with Crippen LogP contribution in [0.3, 0.4) is 0 Å². The second-order valence-corrected chi connectivity index (χ2v) is 5.18. The Morgan fingerprint density at radius 3 is 2.53 bits per heavy atom. The Kier molecular flexibility index (Phi) is 3.95. The van der Waals surface area contributed by atoms with Gasteiger partial charge in [0.2, 0.25) is 6.41 Å². The first-order valence-electron chi connectivity index (χ1n) is 5.62. The topological polar surface area (TPSA) is 41.6 Å². The molecule has 1 heterocycles. The van der Waals surface area contributed by atoms with Crippen LogP contribution in [0.1, 0.15) is 25.7 Å². The number of hydrogen-bond donors (Lipinski definition) is 1. The van der Waals surface area contributed by atoms with Crippen LogP contribution in [0.15, 0.2) is 0 Å². The lowest BCUT2D eigenvalue weighted by Gasteiger charge is -2.39. The van der Waals surface area contributed by atoms with E-state index >= 15 is 0 Å². The molecule has 4 nitrogen and oxygen atoms in total. The number of ether oxygens (including phenoxy) is 1. The molecular weight excluding hydrogens is 211 g/mol. The standard InChI is InChI=1S/C10H19N2O2P/c13-7-11-8-5-10(6-8)14-9-1-3-12(15)4-2-9/h7-10H,1-6,15H2,(H,11,13). The SMILES string of the molecule is O=CNC1CC(OC2CCN(P)CC2)C1. The third-order valence-corrected chi connectivity index (χ3v) is 3.78. The van der Waals surface area contributed by atoms with Crippen LogP contribution in [-0.4, -0.2) is 42.4 Å². The summed E-state index contributed by atoms with van der Waals surface area (Å²) in [7, 11) is 2.74. The molecule has 5 heteroatoms. The first-order valence-corrected chi connectivity index (χ1v) is 6.14. The maximum Gasteiger partial charge on any atom is 0.207 e. The molecule has 15 heavy (non-hydrogen) atoms. The predicted molar refractivity (Wildman–Crippen MR) is 61.4 cm³/mol. The summed E-state index contributed by atoms with van der Waals surface area (Å²) in [5.41, 5.74) is 0. The molecule has 1 saturated heterocycles. The van der Waals surface area contributed by atoms with E-state index in [0.29, 0.717) is 18.2 Å². The lowest BCUT2D eigenvalue weighted by atomic mass is 9.89. The van der Waals surface area contributed by atoms with Crippen molar-refractivity contribution < 1.29 is 9.53 Å². The van der Waals surface area contributed by atoms with E-state index < -0.39 is 0 Å². The van der Waals surface area contributed by atoms with Crippen LogP contribution in [0.4, 0.5) is 0 Å². The van der Waals surface area contributed by atoms with Crippen molar-refractivity contribution in [1.29, 1.82) is 0 Å². The Bertz CT molecular complexity index is 213. The van der Waals surface area contributed by atoms with Gasteiger partial charge in [0, 0.05) is 19.1 Å². The van der Waals surface area contributed by atoms with Crippen molar-refractivity contribution >= 4 is 15.8 Å².